The first-order valence-corrected chi connectivity index (χ1v) is 8.71. The van der Waals surface area contributed by atoms with E-state index in [1.165, 1.54) is 0 Å². The van der Waals surface area contributed by atoms with Crippen LogP contribution in [0.3, 0.4) is 0 Å². The molecule has 0 aromatic carbocycles. The molecule has 9 heteroatoms. The molecule has 0 spiro atoms. The Labute approximate surface area is 160 Å². The second kappa shape index (κ2) is 7.63. The summed E-state index contributed by atoms with van der Waals surface area (Å²) in [7, 11) is 0. The molecule has 0 fully saturated rings. The van der Waals surface area contributed by atoms with Gasteiger partial charge >= 0.3 is 11.9 Å². The number of Topliss-reactive ketones (excluding diaryl/α,β-unsaturated/α-hetero) is 1. The first-order chi connectivity index (χ1) is 13.3. The second-order valence-electron chi connectivity index (χ2n) is 6.24. The maximum absolute atomic E-state index is 12.6. The van der Waals surface area contributed by atoms with E-state index in [9.17, 15) is 14.4 Å². The summed E-state index contributed by atoms with van der Waals surface area (Å²) in [5.41, 5.74) is 2.42. The predicted octanol–water partition coefficient (Wildman–Crippen LogP) is 2.20. The van der Waals surface area contributed by atoms with Crippen molar-refractivity contribution in [2.45, 2.75) is 27.7 Å². The average molecular weight is 384 g/mol. The molecule has 3 aromatic heterocycles. The summed E-state index contributed by atoms with van der Waals surface area (Å²) in [5.74, 6) is -0.945. The number of hydrogen-bond donors (Lipinski definition) is 1. The lowest BCUT2D eigenvalue weighted by Crippen LogP contribution is -2.16. The van der Waals surface area contributed by atoms with Crippen LogP contribution in [0.15, 0.2) is 18.3 Å². The number of nitrogens with one attached hydrogen (secondary N) is 1. The van der Waals surface area contributed by atoms with E-state index in [1.807, 2.05) is 0 Å². The summed E-state index contributed by atoms with van der Waals surface area (Å²) in [6, 6.07) is 3.20. The number of fused-ring (bicyclic) bond motifs is 1. The van der Waals surface area contributed by atoms with E-state index in [0.29, 0.717) is 28.3 Å². The van der Waals surface area contributed by atoms with E-state index in [0.717, 1.165) is 0 Å². The Kier molecular flexibility index (Phi) is 5.25. The maximum Gasteiger partial charge on any atom is 0.355 e. The minimum atomic E-state index is -0.639. The molecule has 3 heterocycles. The first-order valence-electron chi connectivity index (χ1n) is 8.71. The Hall–Kier alpha value is -3.49. The number of aromatic amines is 1. The molecular formula is C19H20N4O5. The summed E-state index contributed by atoms with van der Waals surface area (Å²) >= 11 is 0. The minimum Gasteiger partial charge on any atom is -0.461 e. The van der Waals surface area contributed by atoms with Gasteiger partial charge in [-0.25, -0.2) is 9.59 Å². The van der Waals surface area contributed by atoms with Crippen LogP contribution in [0.4, 0.5) is 0 Å². The predicted molar refractivity (Wildman–Crippen MR) is 98.6 cm³/mol. The fourth-order valence-corrected chi connectivity index (χ4v) is 2.99. The van der Waals surface area contributed by atoms with Gasteiger partial charge in [0.25, 0.3) is 0 Å². The molecule has 146 valence electrons. The van der Waals surface area contributed by atoms with Crippen molar-refractivity contribution in [1.82, 2.24) is 19.6 Å². The molecule has 0 atom stereocenters. The maximum atomic E-state index is 12.6. The Morgan fingerprint density at radius 3 is 2.54 bits per heavy atom. The largest absolute Gasteiger partial charge is 0.461 e. The van der Waals surface area contributed by atoms with Crippen LogP contribution in [0.2, 0.25) is 0 Å². The Morgan fingerprint density at radius 1 is 1.07 bits per heavy atom. The van der Waals surface area contributed by atoms with E-state index < -0.39 is 24.3 Å². The van der Waals surface area contributed by atoms with Crippen molar-refractivity contribution in [2.24, 2.45) is 0 Å². The summed E-state index contributed by atoms with van der Waals surface area (Å²) < 4.78 is 11.8. The van der Waals surface area contributed by atoms with Crippen LogP contribution in [-0.2, 0) is 9.47 Å². The molecule has 1 N–H and O–H groups in total. The van der Waals surface area contributed by atoms with E-state index in [4.69, 9.17) is 9.47 Å². The zero-order valence-corrected chi connectivity index (χ0v) is 16.0. The normalized spacial score (nSPS) is 10.9. The third-order valence-corrected chi connectivity index (χ3v) is 4.34. The SMILES string of the molecule is CCOC(=O)c1[nH]c(C)c(C(=O)COC(=O)c2ccc3nnc(C)n3c2)c1C. The summed E-state index contributed by atoms with van der Waals surface area (Å²) in [6.45, 7) is 6.57. The number of H-pyrrole nitrogens is 1. The number of nitrogens with zero attached hydrogens (tertiary/aromatic N) is 3. The molecule has 28 heavy (non-hydrogen) atoms. The zero-order valence-electron chi connectivity index (χ0n) is 16.0. The number of pyridine rings is 1. The number of carbonyl (C=O) groups is 3. The lowest BCUT2D eigenvalue weighted by atomic mass is 10.1. The zero-order chi connectivity index (χ0) is 20.4. The quantitative estimate of drug-likeness (QED) is 0.511. The first kappa shape index (κ1) is 19.3. The van der Waals surface area contributed by atoms with Gasteiger partial charge in [0.2, 0.25) is 5.78 Å². The topological polar surface area (TPSA) is 116 Å². The molecule has 0 saturated heterocycles. The van der Waals surface area contributed by atoms with Crippen molar-refractivity contribution in [3.8, 4) is 0 Å². The highest BCUT2D eigenvalue weighted by Gasteiger charge is 2.23. The summed E-state index contributed by atoms with van der Waals surface area (Å²) in [4.78, 5) is 39.7. The molecule has 0 aliphatic carbocycles. The van der Waals surface area contributed by atoms with Gasteiger partial charge in [-0.3, -0.25) is 9.20 Å². The number of hydrogen-bond acceptors (Lipinski definition) is 7. The van der Waals surface area contributed by atoms with E-state index in [1.54, 1.807) is 50.4 Å². The second-order valence-corrected chi connectivity index (χ2v) is 6.24. The monoisotopic (exact) mass is 384 g/mol. The third-order valence-electron chi connectivity index (χ3n) is 4.34. The number of esters is 2. The van der Waals surface area contributed by atoms with Crippen molar-refractivity contribution in [3.05, 3.63) is 52.2 Å². The molecule has 0 aliphatic rings. The number of ether oxygens (including phenoxy) is 2. The van der Waals surface area contributed by atoms with Crippen LogP contribution in [0.5, 0.6) is 0 Å². The molecule has 3 aromatic rings. The number of rotatable bonds is 6. The fourth-order valence-electron chi connectivity index (χ4n) is 2.99. The molecule has 0 bridgehead atoms. The van der Waals surface area contributed by atoms with E-state index in [2.05, 4.69) is 15.2 Å². The van der Waals surface area contributed by atoms with Gasteiger partial charge in [0.1, 0.15) is 11.5 Å². The van der Waals surface area contributed by atoms with Gasteiger partial charge in [-0.05, 0) is 45.4 Å². The van der Waals surface area contributed by atoms with Gasteiger partial charge in [-0.15, -0.1) is 10.2 Å². The van der Waals surface area contributed by atoms with Crippen molar-refractivity contribution >= 4 is 23.4 Å². The van der Waals surface area contributed by atoms with Crippen molar-refractivity contribution < 1.29 is 23.9 Å². The van der Waals surface area contributed by atoms with Gasteiger partial charge < -0.3 is 14.5 Å². The molecule has 0 saturated carbocycles. The third kappa shape index (κ3) is 3.51. The molecule has 0 aliphatic heterocycles. The summed E-state index contributed by atoms with van der Waals surface area (Å²) in [5, 5.41) is 7.87. The van der Waals surface area contributed by atoms with Crippen LogP contribution in [0.1, 0.15) is 55.2 Å². The molecule has 3 rings (SSSR count). The standard InChI is InChI=1S/C19H20N4O5/c1-5-27-19(26)17-10(2)16(11(3)20-17)14(24)9-28-18(25)13-6-7-15-22-21-12(4)23(15)8-13/h6-8,20H,5,9H2,1-4H3. The van der Waals surface area contributed by atoms with E-state index in [-0.39, 0.29) is 17.9 Å². The van der Waals surface area contributed by atoms with Gasteiger partial charge in [0.05, 0.1) is 12.2 Å². The van der Waals surface area contributed by atoms with Gasteiger partial charge in [0.15, 0.2) is 12.3 Å². The van der Waals surface area contributed by atoms with Gasteiger partial charge in [0, 0.05) is 17.5 Å². The Morgan fingerprint density at radius 2 is 1.82 bits per heavy atom. The summed E-state index contributed by atoms with van der Waals surface area (Å²) in [6.07, 6.45) is 1.56. The number of ketones is 1. The van der Waals surface area contributed by atoms with Gasteiger partial charge in [-0.2, -0.15) is 0 Å². The van der Waals surface area contributed by atoms with Crippen LogP contribution in [0.25, 0.3) is 5.65 Å². The molecule has 0 radical (unpaired) electrons. The van der Waals surface area contributed by atoms with Crippen LogP contribution >= 0.6 is 0 Å². The highest BCUT2D eigenvalue weighted by Crippen LogP contribution is 2.20. The van der Waals surface area contributed by atoms with Gasteiger partial charge in [-0.1, -0.05) is 0 Å². The molecule has 0 amide bonds. The fraction of sp³-hybridized carbons (Fsp3) is 0.316. The highest BCUT2D eigenvalue weighted by atomic mass is 16.5. The number of carbonyl (C=O) groups excluding carboxylic acids is 3. The lowest BCUT2D eigenvalue weighted by Gasteiger charge is -2.06. The van der Waals surface area contributed by atoms with Crippen molar-refractivity contribution in [2.75, 3.05) is 13.2 Å². The molecule has 9 nitrogen and oxygen atoms in total. The van der Waals surface area contributed by atoms with E-state index >= 15 is 0 Å². The van der Waals surface area contributed by atoms with Crippen molar-refractivity contribution in [3.63, 3.8) is 0 Å². The van der Waals surface area contributed by atoms with Crippen LogP contribution in [0, 0.1) is 20.8 Å². The number of aryl methyl sites for hydroxylation is 2. The Balaban J connectivity index is 1.73. The molecular weight excluding hydrogens is 364 g/mol. The average Bonchev–Trinajstić information content (AvgIpc) is 3.19. The van der Waals surface area contributed by atoms with Crippen molar-refractivity contribution in [1.29, 1.82) is 0 Å². The van der Waals surface area contributed by atoms with Crippen LogP contribution in [-0.4, -0.2) is 50.5 Å². The smallest absolute Gasteiger partial charge is 0.355 e. The Bertz CT molecular complexity index is 1080. The lowest BCUT2D eigenvalue weighted by molar-refractivity contribution is 0.0472. The highest BCUT2D eigenvalue weighted by molar-refractivity contribution is 6.04. The van der Waals surface area contributed by atoms with Crippen LogP contribution < -0.4 is 0 Å². The number of aromatic nitrogens is 4. The molecule has 0 unspecified atom stereocenters. The minimum absolute atomic E-state index is 0.225.